The number of rotatable bonds is 7. The monoisotopic (exact) mass is 404 g/mol. The SMILES string of the molecule is O=C(CNC(=O)C(Cc1ccccc1)n1cnnn1)Nc1ccc(F)c(F)c1F. The highest BCUT2D eigenvalue weighted by atomic mass is 19.2. The van der Waals surface area contributed by atoms with Gasteiger partial charge in [-0.25, -0.2) is 17.9 Å². The first kappa shape index (κ1) is 20.0. The molecule has 2 aromatic carbocycles. The van der Waals surface area contributed by atoms with Crippen LogP contribution in [0.3, 0.4) is 0 Å². The Morgan fingerprint density at radius 3 is 2.48 bits per heavy atom. The van der Waals surface area contributed by atoms with E-state index in [0.717, 1.165) is 11.6 Å². The second-order valence-corrected chi connectivity index (χ2v) is 5.98. The first-order chi connectivity index (χ1) is 14.0. The van der Waals surface area contributed by atoms with Crippen LogP contribution in [0.5, 0.6) is 0 Å². The molecule has 0 bridgehead atoms. The van der Waals surface area contributed by atoms with Crippen LogP contribution in [0.4, 0.5) is 18.9 Å². The molecule has 3 aromatic rings. The van der Waals surface area contributed by atoms with Crippen molar-refractivity contribution in [2.75, 3.05) is 11.9 Å². The van der Waals surface area contributed by atoms with Crippen molar-refractivity contribution >= 4 is 17.5 Å². The highest BCUT2D eigenvalue weighted by Crippen LogP contribution is 2.19. The van der Waals surface area contributed by atoms with Crippen LogP contribution in [0.2, 0.25) is 0 Å². The fourth-order valence-corrected chi connectivity index (χ4v) is 2.56. The molecule has 1 unspecified atom stereocenters. The molecule has 0 fully saturated rings. The van der Waals surface area contributed by atoms with E-state index in [1.165, 1.54) is 11.0 Å². The number of carbonyl (C=O) groups excluding carboxylic acids is 2. The van der Waals surface area contributed by atoms with E-state index >= 15 is 0 Å². The summed E-state index contributed by atoms with van der Waals surface area (Å²) in [4.78, 5) is 24.6. The molecule has 0 saturated carbocycles. The number of tetrazole rings is 1. The summed E-state index contributed by atoms with van der Waals surface area (Å²) < 4.78 is 41.1. The van der Waals surface area contributed by atoms with Gasteiger partial charge < -0.3 is 10.6 Å². The minimum absolute atomic E-state index is 0.261. The summed E-state index contributed by atoms with van der Waals surface area (Å²) in [6.45, 7) is -0.523. The third-order valence-corrected chi connectivity index (χ3v) is 3.99. The van der Waals surface area contributed by atoms with Crippen molar-refractivity contribution < 1.29 is 22.8 Å². The highest BCUT2D eigenvalue weighted by Gasteiger charge is 2.23. The van der Waals surface area contributed by atoms with Gasteiger partial charge in [-0.2, -0.15) is 0 Å². The predicted molar refractivity (Wildman–Crippen MR) is 95.0 cm³/mol. The normalized spacial score (nSPS) is 11.7. The average molecular weight is 404 g/mol. The van der Waals surface area contributed by atoms with Crippen LogP contribution >= 0.6 is 0 Å². The standard InChI is InChI=1S/C18H15F3N6O2/c19-12-6-7-13(17(21)16(12)20)24-15(28)9-22-18(29)14(27-10-23-25-26-27)8-11-4-2-1-3-5-11/h1-7,10,14H,8-9H2,(H,22,29)(H,24,28). The van der Waals surface area contributed by atoms with Gasteiger partial charge in [0.25, 0.3) is 0 Å². The Hall–Kier alpha value is -3.76. The Morgan fingerprint density at radius 1 is 1.03 bits per heavy atom. The van der Waals surface area contributed by atoms with E-state index < -0.39 is 47.5 Å². The van der Waals surface area contributed by atoms with Crippen molar-refractivity contribution in [3.63, 3.8) is 0 Å². The van der Waals surface area contributed by atoms with E-state index in [0.29, 0.717) is 6.07 Å². The Bertz CT molecular complexity index is 998. The van der Waals surface area contributed by atoms with Crippen LogP contribution in [0, 0.1) is 17.5 Å². The molecule has 0 radical (unpaired) electrons. The number of hydrogen-bond acceptors (Lipinski definition) is 5. The summed E-state index contributed by atoms with van der Waals surface area (Å²) in [7, 11) is 0. The van der Waals surface area contributed by atoms with Crippen LogP contribution in [0.1, 0.15) is 11.6 Å². The molecule has 2 N–H and O–H groups in total. The lowest BCUT2D eigenvalue weighted by Crippen LogP contribution is -2.39. The zero-order valence-corrected chi connectivity index (χ0v) is 14.8. The van der Waals surface area contributed by atoms with Crippen molar-refractivity contribution in [3.8, 4) is 0 Å². The molecule has 1 heterocycles. The number of nitrogens with zero attached hydrogens (tertiary/aromatic N) is 4. The van der Waals surface area contributed by atoms with Crippen LogP contribution in [0.15, 0.2) is 48.8 Å². The van der Waals surface area contributed by atoms with Crippen molar-refractivity contribution in [1.82, 2.24) is 25.5 Å². The van der Waals surface area contributed by atoms with E-state index in [2.05, 4.69) is 26.2 Å². The number of aromatic nitrogens is 4. The predicted octanol–water partition coefficient (Wildman–Crippen LogP) is 1.63. The van der Waals surface area contributed by atoms with Gasteiger partial charge >= 0.3 is 0 Å². The van der Waals surface area contributed by atoms with Crippen molar-refractivity contribution in [1.29, 1.82) is 0 Å². The van der Waals surface area contributed by atoms with Crippen molar-refractivity contribution in [2.45, 2.75) is 12.5 Å². The molecular formula is C18H15F3N6O2. The highest BCUT2D eigenvalue weighted by molar-refractivity contribution is 5.95. The minimum Gasteiger partial charge on any atom is -0.345 e. The Labute approximate surface area is 162 Å². The van der Waals surface area contributed by atoms with Gasteiger partial charge in [-0.05, 0) is 28.1 Å². The maximum Gasteiger partial charge on any atom is 0.245 e. The first-order valence-corrected chi connectivity index (χ1v) is 8.43. The van der Waals surface area contributed by atoms with Gasteiger partial charge in [0.1, 0.15) is 12.4 Å². The number of anilines is 1. The molecule has 0 saturated heterocycles. The fourth-order valence-electron chi connectivity index (χ4n) is 2.56. The van der Waals surface area contributed by atoms with Crippen LogP contribution in [-0.2, 0) is 16.0 Å². The van der Waals surface area contributed by atoms with E-state index in [-0.39, 0.29) is 6.42 Å². The van der Waals surface area contributed by atoms with Gasteiger partial charge in [-0.3, -0.25) is 9.59 Å². The summed E-state index contributed by atoms with van der Waals surface area (Å²) in [5.74, 6) is -5.98. The smallest absolute Gasteiger partial charge is 0.245 e. The number of carbonyl (C=O) groups is 2. The summed E-state index contributed by atoms with van der Waals surface area (Å²) in [6.07, 6.45) is 1.53. The number of amides is 2. The summed E-state index contributed by atoms with van der Waals surface area (Å²) in [6, 6.07) is 9.83. The quantitative estimate of drug-likeness (QED) is 0.583. The maximum absolute atomic E-state index is 13.6. The number of halogens is 3. The molecule has 3 rings (SSSR count). The van der Waals surface area contributed by atoms with Gasteiger partial charge in [-0.15, -0.1) is 5.10 Å². The second kappa shape index (κ2) is 8.95. The lowest BCUT2D eigenvalue weighted by molar-refractivity contribution is -0.127. The Kier molecular flexibility index (Phi) is 6.17. The largest absolute Gasteiger partial charge is 0.345 e. The molecule has 1 atom stereocenters. The third kappa shape index (κ3) is 4.94. The van der Waals surface area contributed by atoms with Crippen LogP contribution in [0.25, 0.3) is 0 Å². The Morgan fingerprint density at radius 2 is 1.79 bits per heavy atom. The van der Waals surface area contributed by atoms with E-state index in [1.807, 2.05) is 30.3 Å². The summed E-state index contributed by atoms with van der Waals surface area (Å²) >= 11 is 0. The van der Waals surface area contributed by atoms with Crippen molar-refractivity contribution in [2.24, 2.45) is 0 Å². The average Bonchev–Trinajstić information content (AvgIpc) is 3.26. The molecular weight excluding hydrogens is 389 g/mol. The Balaban J connectivity index is 1.64. The molecule has 0 aliphatic carbocycles. The molecule has 29 heavy (non-hydrogen) atoms. The van der Waals surface area contributed by atoms with E-state index in [9.17, 15) is 22.8 Å². The van der Waals surface area contributed by atoms with Gasteiger partial charge in [0.15, 0.2) is 17.5 Å². The maximum atomic E-state index is 13.6. The van der Waals surface area contributed by atoms with Gasteiger partial charge in [0.2, 0.25) is 11.8 Å². The molecule has 150 valence electrons. The first-order valence-electron chi connectivity index (χ1n) is 8.43. The fraction of sp³-hybridized carbons (Fsp3) is 0.167. The van der Waals surface area contributed by atoms with Gasteiger partial charge in [-0.1, -0.05) is 30.3 Å². The summed E-state index contributed by atoms with van der Waals surface area (Å²) in [5, 5.41) is 15.2. The molecule has 0 spiro atoms. The second-order valence-electron chi connectivity index (χ2n) is 5.98. The third-order valence-electron chi connectivity index (χ3n) is 3.99. The number of nitrogens with one attached hydrogen (secondary N) is 2. The van der Waals surface area contributed by atoms with Crippen LogP contribution < -0.4 is 10.6 Å². The number of hydrogen-bond donors (Lipinski definition) is 2. The lowest BCUT2D eigenvalue weighted by Gasteiger charge is -2.16. The molecule has 0 aliphatic rings. The molecule has 11 heteroatoms. The van der Waals surface area contributed by atoms with E-state index in [4.69, 9.17) is 0 Å². The van der Waals surface area contributed by atoms with Crippen molar-refractivity contribution in [3.05, 3.63) is 71.8 Å². The van der Waals surface area contributed by atoms with Gasteiger partial charge in [0.05, 0.1) is 12.2 Å². The molecule has 0 aliphatic heterocycles. The zero-order chi connectivity index (χ0) is 20.8. The summed E-state index contributed by atoms with van der Waals surface area (Å²) in [5.41, 5.74) is 0.306. The minimum atomic E-state index is -1.70. The van der Waals surface area contributed by atoms with E-state index in [1.54, 1.807) is 0 Å². The zero-order valence-electron chi connectivity index (χ0n) is 14.8. The molecule has 2 amide bonds. The lowest BCUT2D eigenvalue weighted by atomic mass is 10.1. The molecule has 1 aromatic heterocycles. The molecule has 8 nitrogen and oxygen atoms in total. The number of benzene rings is 2. The van der Waals surface area contributed by atoms with Gasteiger partial charge in [0, 0.05) is 6.42 Å². The van der Waals surface area contributed by atoms with Crippen LogP contribution in [-0.4, -0.2) is 38.6 Å². The topological polar surface area (TPSA) is 102 Å².